The highest BCUT2D eigenvalue weighted by molar-refractivity contribution is 9.10. The summed E-state index contributed by atoms with van der Waals surface area (Å²) >= 11 is 5.25. The first kappa shape index (κ1) is 14.5. The molecule has 1 N–H and O–H groups in total. The number of nitrogens with one attached hydrogen (secondary N) is 1. The molecule has 0 aliphatic carbocycles. The van der Waals surface area contributed by atoms with Crippen molar-refractivity contribution in [2.45, 2.75) is 33.1 Å². The lowest BCUT2D eigenvalue weighted by atomic mass is 9.92. The first-order chi connectivity index (χ1) is 8.81. The van der Waals surface area contributed by atoms with Gasteiger partial charge in [0.05, 0.1) is 10.6 Å². The van der Waals surface area contributed by atoms with Crippen LogP contribution >= 0.6 is 27.3 Å². The lowest BCUT2D eigenvalue weighted by Gasteiger charge is -2.19. The van der Waals surface area contributed by atoms with Crippen molar-refractivity contribution in [1.29, 1.82) is 0 Å². The van der Waals surface area contributed by atoms with Gasteiger partial charge in [0.1, 0.15) is 5.82 Å². The van der Waals surface area contributed by atoms with Gasteiger partial charge >= 0.3 is 0 Å². The average Bonchev–Trinajstić information content (AvgIpc) is 2.68. The van der Waals surface area contributed by atoms with Gasteiger partial charge < -0.3 is 5.32 Å². The van der Waals surface area contributed by atoms with E-state index in [-0.39, 0.29) is 5.41 Å². The van der Waals surface area contributed by atoms with Crippen LogP contribution in [0.5, 0.6) is 0 Å². The van der Waals surface area contributed by atoms with E-state index in [9.17, 15) is 0 Å². The predicted octanol–water partition coefficient (Wildman–Crippen LogP) is 4.62. The van der Waals surface area contributed by atoms with Crippen LogP contribution in [0.1, 0.15) is 31.3 Å². The predicted molar refractivity (Wildman–Crippen MR) is 86.0 cm³/mol. The van der Waals surface area contributed by atoms with Gasteiger partial charge in [-0.1, -0.05) is 20.8 Å². The van der Waals surface area contributed by atoms with Gasteiger partial charge in [-0.2, -0.15) is 0 Å². The number of halogens is 1. The molecule has 0 radical (unpaired) electrons. The van der Waals surface area contributed by atoms with Crippen LogP contribution in [0.25, 0.3) is 10.7 Å². The minimum absolute atomic E-state index is 0.00677. The second-order valence-corrected chi connectivity index (χ2v) is 7.59. The first-order valence-electron chi connectivity index (χ1n) is 6.15. The molecule has 2 heterocycles. The van der Waals surface area contributed by atoms with Crippen molar-refractivity contribution in [3.63, 3.8) is 0 Å². The zero-order chi connectivity index (χ0) is 14.2. The van der Waals surface area contributed by atoms with Crippen molar-refractivity contribution in [3.8, 4) is 10.7 Å². The Morgan fingerprint density at radius 1 is 1.21 bits per heavy atom. The lowest BCUT2D eigenvalue weighted by Crippen LogP contribution is -2.15. The fourth-order valence-electron chi connectivity index (χ4n) is 1.64. The molecule has 2 rings (SSSR count). The average molecular weight is 340 g/mol. The normalized spacial score (nSPS) is 11.7. The highest BCUT2D eigenvalue weighted by Gasteiger charge is 2.19. The van der Waals surface area contributed by atoms with E-state index < -0.39 is 0 Å². The maximum Gasteiger partial charge on any atom is 0.171 e. The third kappa shape index (κ3) is 3.15. The third-order valence-corrected chi connectivity index (χ3v) is 4.96. The van der Waals surface area contributed by atoms with Crippen molar-refractivity contribution in [3.05, 3.63) is 27.2 Å². The van der Waals surface area contributed by atoms with Gasteiger partial charge in [-0.3, -0.25) is 0 Å². The van der Waals surface area contributed by atoms with Gasteiger partial charge in [-0.15, -0.1) is 11.3 Å². The number of anilines is 1. The van der Waals surface area contributed by atoms with E-state index in [1.165, 1.54) is 4.88 Å². The summed E-state index contributed by atoms with van der Waals surface area (Å²) in [6.45, 7) is 8.57. The Balaban J connectivity index is 2.57. The monoisotopic (exact) mass is 339 g/mol. The van der Waals surface area contributed by atoms with Crippen molar-refractivity contribution < 1.29 is 0 Å². The molecule has 2 aromatic heterocycles. The molecule has 0 atom stereocenters. The number of rotatable bonds is 2. The molecule has 5 heteroatoms. The number of hydrogen-bond acceptors (Lipinski definition) is 4. The van der Waals surface area contributed by atoms with Crippen LogP contribution in [-0.2, 0) is 5.41 Å². The van der Waals surface area contributed by atoms with Crippen molar-refractivity contribution in [1.82, 2.24) is 9.97 Å². The van der Waals surface area contributed by atoms with Crippen LogP contribution < -0.4 is 5.32 Å². The maximum atomic E-state index is 4.72. The Hall–Kier alpha value is -0.940. The van der Waals surface area contributed by atoms with Crippen LogP contribution in [0.4, 0.5) is 5.82 Å². The van der Waals surface area contributed by atoms with Gasteiger partial charge in [0, 0.05) is 27.9 Å². The van der Waals surface area contributed by atoms with Crippen LogP contribution in [0.3, 0.4) is 0 Å². The second-order valence-electron chi connectivity index (χ2n) is 5.48. The maximum absolute atomic E-state index is 4.72. The van der Waals surface area contributed by atoms with Crippen LogP contribution in [0.15, 0.2) is 16.6 Å². The second kappa shape index (κ2) is 5.21. The Morgan fingerprint density at radius 2 is 1.89 bits per heavy atom. The van der Waals surface area contributed by atoms with Gasteiger partial charge in [0.15, 0.2) is 5.82 Å². The van der Waals surface area contributed by atoms with Gasteiger partial charge in [-0.05, 0) is 28.9 Å². The molecule has 0 saturated carbocycles. The topological polar surface area (TPSA) is 37.8 Å². The first-order valence-corrected chi connectivity index (χ1v) is 7.76. The summed E-state index contributed by atoms with van der Waals surface area (Å²) in [5, 5.41) is 3.11. The Labute approximate surface area is 126 Å². The molecule has 0 aromatic carbocycles. The zero-order valence-electron chi connectivity index (χ0n) is 11.8. The molecule has 0 fully saturated rings. The van der Waals surface area contributed by atoms with E-state index in [1.54, 1.807) is 11.3 Å². The summed E-state index contributed by atoms with van der Waals surface area (Å²) < 4.78 is 1.11. The molecular formula is C14H18BrN3S. The molecule has 0 aliphatic rings. The van der Waals surface area contributed by atoms with Crippen LogP contribution in [0.2, 0.25) is 0 Å². The minimum atomic E-state index is 0.00677. The molecule has 0 spiro atoms. The Morgan fingerprint density at radius 3 is 2.37 bits per heavy atom. The molecule has 102 valence electrons. The van der Waals surface area contributed by atoms with E-state index in [2.05, 4.69) is 60.0 Å². The van der Waals surface area contributed by atoms with E-state index >= 15 is 0 Å². The molecule has 19 heavy (non-hydrogen) atoms. The Kier molecular flexibility index (Phi) is 3.97. The molecule has 2 aromatic rings. The fourth-order valence-corrected chi connectivity index (χ4v) is 3.11. The van der Waals surface area contributed by atoms with E-state index in [0.717, 1.165) is 26.7 Å². The summed E-state index contributed by atoms with van der Waals surface area (Å²) in [5.41, 5.74) is 1.05. The number of hydrogen-bond donors (Lipinski definition) is 1. The molecule has 3 nitrogen and oxygen atoms in total. The summed E-state index contributed by atoms with van der Waals surface area (Å²) in [6, 6.07) is 4.10. The molecular weight excluding hydrogens is 322 g/mol. The van der Waals surface area contributed by atoms with Crippen molar-refractivity contribution >= 4 is 33.1 Å². The van der Waals surface area contributed by atoms with Crippen molar-refractivity contribution in [2.75, 3.05) is 12.4 Å². The van der Waals surface area contributed by atoms with Crippen molar-refractivity contribution in [2.24, 2.45) is 0 Å². The zero-order valence-corrected chi connectivity index (χ0v) is 14.2. The van der Waals surface area contributed by atoms with Gasteiger partial charge in [0.25, 0.3) is 0 Å². The summed E-state index contributed by atoms with van der Waals surface area (Å²) in [4.78, 5) is 11.6. The highest BCUT2D eigenvalue weighted by atomic mass is 79.9. The molecule has 0 saturated heterocycles. The number of nitrogens with zero attached hydrogens (tertiary/aromatic N) is 2. The molecule has 0 amide bonds. The minimum Gasteiger partial charge on any atom is -0.373 e. The quantitative estimate of drug-likeness (QED) is 0.867. The summed E-state index contributed by atoms with van der Waals surface area (Å²) in [6.07, 6.45) is 0. The molecule has 0 aliphatic heterocycles. The number of aryl methyl sites for hydroxylation is 1. The van der Waals surface area contributed by atoms with E-state index in [0.29, 0.717) is 0 Å². The van der Waals surface area contributed by atoms with Crippen LogP contribution in [0, 0.1) is 6.92 Å². The van der Waals surface area contributed by atoms with Gasteiger partial charge in [0.2, 0.25) is 0 Å². The van der Waals surface area contributed by atoms with Crippen LogP contribution in [-0.4, -0.2) is 17.0 Å². The third-order valence-electron chi connectivity index (χ3n) is 2.83. The summed E-state index contributed by atoms with van der Waals surface area (Å²) in [7, 11) is 1.88. The molecule has 0 bridgehead atoms. The highest BCUT2D eigenvalue weighted by Crippen LogP contribution is 2.34. The SMILES string of the molecule is CNc1cc(C(C)(C)C)nc(-c2cc(Br)c(C)s2)n1. The fraction of sp³-hybridized carbons (Fsp3) is 0.429. The number of aromatic nitrogens is 2. The smallest absolute Gasteiger partial charge is 0.171 e. The number of thiophene rings is 1. The van der Waals surface area contributed by atoms with Gasteiger partial charge in [-0.25, -0.2) is 9.97 Å². The molecule has 0 unspecified atom stereocenters. The van der Waals surface area contributed by atoms with E-state index in [4.69, 9.17) is 4.98 Å². The summed E-state index contributed by atoms with van der Waals surface area (Å²) in [5.74, 6) is 1.65. The Bertz CT molecular complexity index is 580. The lowest BCUT2D eigenvalue weighted by molar-refractivity contribution is 0.568. The largest absolute Gasteiger partial charge is 0.373 e. The van der Waals surface area contributed by atoms with E-state index in [1.807, 2.05) is 13.1 Å². The standard InChI is InChI=1S/C14H18BrN3S/c1-8-9(15)6-10(19-8)13-17-11(14(2,3)4)7-12(16-5)18-13/h6-7H,1-5H3,(H,16,17,18).